The third-order valence-corrected chi connectivity index (χ3v) is 4.06. The molecule has 0 bridgehead atoms. The first kappa shape index (κ1) is 21.3. The number of hydrogen-bond acceptors (Lipinski definition) is 4. The first-order valence-corrected chi connectivity index (χ1v) is 8.36. The molecule has 0 saturated carbocycles. The van der Waals surface area contributed by atoms with E-state index in [4.69, 9.17) is 4.74 Å². The number of ether oxygens (including phenoxy) is 2. The molecule has 0 saturated heterocycles. The summed E-state index contributed by atoms with van der Waals surface area (Å²) in [5.41, 5.74) is 1.18. The molecule has 0 aliphatic heterocycles. The monoisotopic (exact) mass is 395 g/mol. The zero-order valence-corrected chi connectivity index (χ0v) is 15.7. The van der Waals surface area contributed by atoms with Crippen molar-refractivity contribution in [2.45, 2.75) is 26.3 Å². The fourth-order valence-electron chi connectivity index (χ4n) is 2.64. The topological polar surface area (TPSA) is 55.8 Å². The van der Waals surface area contributed by atoms with Gasteiger partial charge >= 0.3 is 6.36 Å². The van der Waals surface area contributed by atoms with Crippen molar-refractivity contribution >= 4 is 11.7 Å². The van der Waals surface area contributed by atoms with E-state index in [1.807, 2.05) is 0 Å². The van der Waals surface area contributed by atoms with Crippen LogP contribution >= 0.6 is 0 Å². The maximum atomic E-state index is 12.6. The number of amides is 1. The van der Waals surface area contributed by atoms with E-state index in [-0.39, 0.29) is 36.0 Å². The molecule has 2 aromatic carbocycles. The van der Waals surface area contributed by atoms with Crippen LogP contribution in [0.15, 0.2) is 42.5 Å². The van der Waals surface area contributed by atoms with Crippen LogP contribution in [-0.4, -0.2) is 37.1 Å². The zero-order valence-electron chi connectivity index (χ0n) is 15.7. The number of para-hydroxylation sites is 1. The smallest absolute Gasteiger partial charge is 0.496 e. The number of halogens is 3. The van der Waals surface area contributed by atoms with E-state index in [9.17, 15) is 22.8 Å². The molecule has 0 N–H and O–H groups in total. The van der Waals surface area contributed by atoms with Gasteiger partial charge in [-0.2, -0.15) is 0 Å². The SMILES string of the molecule is COc1ccc(C(C)=O)cc1CC(=O)N(C)Cc1ccccc1OC(F)(F)F. The van der Waals surface area contributed by atoms with Crippen LogP contribution in [0.25, 0.3) is 0 Å². The molecule has 2 rings (SSSR count). The highest BCUT2D eigenvalue weighted by Crippen LogP contribution is 2.27. The van der Waals surface area contributed by atoms with Crippen LogP contribution in [0.5, 0.6) is 11.5 Å². The van der Waals surface area contributed by atoms with Gasteiger partial charge in [0, 0.05) is 30.3 Å². The third kappa shape index (κ3) is 5.73. The van der Waals surface area contributed by atoms with Crippen molar-refractivity contribution < 1.29 is 32.2 Å². The van der Waals surface area contributed by atoms with Gasteiger partial charge in [0.1, 0.15) is 11.5 Å². The van der Waals surface area contributed by atoms with Crippen LogP contribution in [0.4, 0.5) is 13.2 Å². The van der Waals surface area contributed by atoms with Crippen molar-refractivity contribution in [3.8, 4) is 11.5 Å². The van der Waals surface area contributed by atoms with Gasteiger partial charge in [0.15, 0.2) is 5.78 Å². The van der Waals surface area contributed by atoms with Gasteiger partial charge in [0.05, 0.1) is 13.5 Å². The molecule has 0 spiro atoms. The Balaban J connectivity index is 2.17. The van der Waals surface area contributed by atoms with Crippen LogP contribution < -0.4 is 9.47 Å². The van der Waals surface area contributed by atoms with E-state index in [2.05, 4.69) is 4.74 Å². The number of methoxy groups -OCH3 is 1. The van der Waals surface area contributed by atoms with Crippen molar-refractivity contribution in [1.29, 1.82) is 0 Å². The van der Waals surface area contributed by atoms with Gasteiger partial charge in [-0.1, -0.05) is 18.2 Å². The maximum absolute atomic E-state index is 12.6. The summed E-state index contributed by atoms with van der Waals surface area (Å²) in [7, 11) is 2.93. The maximum Gasteiger partial charge on any atom is 0.573 e. The summed E-state index contributed by atoms with van der Waals surface area (Å²) in [4.78, 5) is 25.4. The number of likely N-dealkylation sites (N-methyl/N-ethyl adjacent to an activating group) is 1. The van der Waals surface area contributed by atoms with Crippen LogP contribution in [0.3, 0.4) is 0 Å². The molecule has 0 aliphatic rings. The predicted octanol–water partition coefficient (Wildman–Crippen LogP) is 4.00. The van der Waals surface area contributed by atoms with Gasteiger partial charge in [-0.25, -0.2) is 0 Å². The molecule has 0 unspecified atom stereocenters. The molecule has 0 atom stereocenters. The summed E-state index contributed by atoms with van der Waals surface area (Å²) in [5.74, 6) is -0.401. The molecule has 5 nitrogen and oxygen atoms in total. The first-order valence-electron chi connectivity index (χ1n) is 8.36. The van der Waals surface area contributed by atoms with Crippen molar-refractivity contribution in [2.24, 2.45) is 0 Å². The number of nitrogens with zero attached hydrogens (tertiary/aromatic N) is 1. The fourth-order valence-corrected chi connectivity index (χ4v) is 2.64. The van der Waals surface area contributed by atoms with Crippen molar-refractivity contribution in [2.75, 3.05) is 14.2 Å². The number of benzene rings is 2. The summed E-state index contributed by atoms with van der Waals surface area (Å²) in [6.07, 6.45) is -4.89. The van der Waals surface area contributed by atoms with Gasteiger partial charge in [-0.05, 0) is 31.2 Å². The number of carbonyl (C=O) groups excluding carboxylic acids is 2. The molecule has 150 valence electrons. The molecular formula is C20H20F3NO4. The Morgan fingerprint density at radius 2 is 1.71 bits per heavy atom. The lowest BCUT2D eigenvalue weighted by molar-refractivity contribution is -0.275. The van der Waals surface area contributed by atoms with Gasteiger partial charge in [0.2, 0.25) is 5.91 Å². The van der Waals surface area contributed by atoms with Crippen molar-refractivity contribution in [3.05, 3.63) is 59.2 Å². The Morgan fingerprint density at radius 3 is 2.32 bits per heavy atom. The van der Waals surface area contributed by atoms with E-state index in [1.54, 1.807) is 24.3 Å². The quantitative estimate of drug-likeness (QED) is 0.665. The van der Waals surface area contributed by atoms with Crippen molar-refractivity contribution in [3.63, 3.8) is 0 Å². The Labute approximate surface area is 160 Å². The predicted molar refractivity (Wildman–Crippen MR) is 96.3 cm³/mol. The summed E-state index contributed by atoms with van der Waals surface area (Å²) in [6.45, 7) is 1.34. The molecule has 1 amide bonds. The number of alkyl halides is 3. The molecule has 0 fully saturated rings. The molecule has 8 heteroatoms. The van der Waals surface area contributed by atoms with Gasteiger partial charge in [-0.3, -0.25) is 9.59 Å². The lowest BCUT2D eigenvalue weighted by Gasteiger charge is -2.20. The molecular weight excluding hydrogens is 375 g/mol. The van der Waals surface area contributed by atoms with Crippen LogP contribution in [-0.2, 0) is 17.8 Å². The molecule has 2 aromatic rings. The minimum Gasteiger partial charge on any atom is -0.496 e. The summed E-state index contributed by atoms with van der Waals surface area (Å²) in [5, 5.41) is 0. The number of ketones is 1. The second-order valence-electron chi connectivity index (χ2n) is 6.16. The van der Waals surface area contributed by atoms with Crippen molar-refractivity contribution in [1.82, 2.24) is 4.90 Å². The van der Waals surface area contributed by atoms with Gasteiger partial charge in [-0.15, -0.1) is 13.2 Å². The van der Waals surface area contributed by atoms with Gasteiger partial charge in [0.25, 0.3) is 0 Å². The minimum absolute atomic E-state index is 0.0664. The van der Waals surface area contributed by atoms with E-state index in [1.165, 1.54) is 44.2 Å². The number of hydrogen-bond donors (Lipinski definition) is 0. The highest BCUT2D eigenvalue weighted by atomic mass is 19.4. The molecule has 0 aromatic heterocycles. The summed E-state index contributed by atoms with van der Waals surface area (Å²) in [6, 6.07) is 10.4. The second kappa shape index (κ2) is 8.77. The van der Waals surface area contributed by atoms with Crippen LogP contribution in [0, 0.1) is 0 Å². The average molecular weight is 395 g/mol. The Kier molecular flexibility index (Phi) is 6.66. The average Bonchev–Trinajstić information content (AvgIpc) is 2.61. The summed E-state index contributed by atoms with van der Waals surface area (Å²) >= 11 is 0. The number of Topliss-reactive ketones (excluding diaryl/α,β-unsaturated/α-hetero) is 1. The second-order valence-corrected chi connectivity index (χ2v) is 6.16. The lowest BCUT2D eigenvalue weighted by Crippen LogP contribution is -2.28. The van der Waals surface area contributed by atoms with E-state index >= 15 is 0 Å². The largest absolute Gasteiger partial charge is 0.573 e. The fraction of sp³-hybridized carbons (Fsp3) is 0.300. The normalized spacial score (nSPS) is 11.1. The highest BCUT2D eigenvalue weighted by molar-refractivity contribution is 5.94. The van der Waals surface area contributed by atoms with E-state index < -0.39 is 6.36 Å². The zero-order chi connectivity index (χ0) is 20.9. The van der Waals surface area contributed by atoms with Crippen LogP contribution in [0.1, 0.15) is 28.4 Å². The Bertz CT molecular complexity index is 865. The third-order valence-electron chi connectivity index (χ3n) is 4.06. The molecule has 0 aliphatic carbocycles. The number of rotatable bonds is 7. The molecule has 0 heterocycles. The van der Waals surface area contributed by atoms with Crippen LogP contribution in [0.2, 0.25) is 0 Å². The van der Waals surface area contributed by atoms with E-state index in [0.717, 1.165) is 0 Å². The van der Waals surface area contributed by atoms with Gasteiger partial charge < -0.3 is 14.4 Å². The standard InChI is InChI=1S/C20H20F3NO4/c1-13(25)14-8-9-17(27-3)16(10-14)11-19(26)24(2)12-15-6-4-5-7-18(15)28-20(21,22)23/h4-10H,11-12H2,1-3H3. The molecule has 0 radical (unpaired) electrons. The highest BCUT2D eigenvalue weighted by Gasteiger charge is 2.32. The van der Waals surface area contributed by atoms with E-state index in [0.29, 0.717) is 16.9 Å². The Morgan fingerprint density at radius 1 is 1.04 bits per heavy atom. The molecule has 28 heavy (non-hydrogen) atoms. The minimum atomic E-state index is -4.82. The number of carbonyl (C=O) groups is 2. The lowest BCUT2D eigenvalue weighted by atomic mass is 10.0. The Hall–Kier alpha value is -3.03. The first-order chi connectivity index (χ1) is 13.1. The summed E-state index contributed by atoms with van der Waals surface area (Å²) < 4.78 is 46.9.